The minimum Gasteiger partial charge on any atom is -0.394 e. The van der Waals surface area contributed by atoms with Crippen LogP contribution in [0.2, 0.25) is 0 Å². The van der Waals surface area contributed by atoms with Crippen LogP contribution in [0.4, 0.5) is 14.5 Å². The molecular weight excluding hydrogens is 242 g/mol. The molecule has 9 heteroatoms. The highest BCUT2D eigenvalue weighted by Gasteiger charge is 2.22. The Hall–Kier alpha value is -1.90. The second kappa shape index (κ2) is 3.93. The number of halogens is 2. The molecule has 0 radical (unpaired) electrons. The standard InChI is InChI=1S/C7H8F2N4O2S/c8-3-1-2-4(5(9)6(3)10)16(14,15)13-7(11)12/h1-2H,10H2,(H4,11,12,13). The third kappa shape index (κ3) is 2.19. The van der Waals surface area contributed by atoms with Crippen LogP contribution in [0, 0.1) is 11.6 Å². The Balaban J connectivity index is 3.48. The van der Waals surface area contributed by atoms with Crippen LogP contribution in [0.1, 0.15) is 0 Å². The van der Waals surface area contributed by atoms with E-state index in [-0.39, 0.29) is 0 Å². The molecule has 0 unspecified atom stereocenters. The number of sulfonamides is 1. The van der Waals surface area contributed by atoms with Gasteiger partial charge in [0.15, 0.2) is 5.82 Å². The van der Waals surface area contributed by atoms with Crippen LogP contribution in [0.25, 0.3) is 0 Å². The molecule has 0 aliphatic carbocycles. The van der Waals surface area contributed by atoms with Crippen molar-refractivity contribution in [3.63, 3.8) is 0 Å². The summed E-state index contributed by atoms with van der Waals surface area (Å²) < 4.78 is 51.6. The summed E-state index contributed by atoms with van der Waals surface area (Å²) >= 11 is 0. The van der Waals surface area contributed by atoms with Crippen molar-refractivity contribution in [1.82, 2.24) is 0 Å². The van der Waals surface area contributed by atoms with E-state index in [0.29, 0.717) is 12.1 Å². The summed E-state index contributed by atoms with van der Waals surface area (Å²) in [5.74, 6) is -3.26. The summed E-state index contributed by atoms with van der Waals surface area (Å²) in [6.45, 7) is 0. The maximum atomic E-state index is 13.3. The van der Waals surface area contributed by atoms with E-state index >= 15 is 0 Å². The number of nitrogens with zero attached hydrogens (tertiary/aromatic N) is 1. The minimum atomic E-state index is -4.41. The quantitative estimate of drug-likeness (QED) is 0.371. The van der Waals surface area contributed by atoms with Gasteiger partial charge in [0.25, 0.3) is 10.0 Å². The molecule has 0 aliphatic rings. The van der Waals surface area contributed by atoms with Crippen molar-refractivity contribution in [2.24, 2.45) is 15.9 Å². The second-order valence-electron chi connectivity index (χ2n) is 2.76. The Morgan fingerprint density at radius 3 is 2.31 bits per heavy atom. The smallest absolute Gasteiger partial charge is 0.288 e. The Kier molecular flexibility index (Phi) is 2.99. The summed E-state index contributed by atoms with van der Waals surface area (Å²) in [6, 6.07) is 1.39. The van der Waals surface area contributed by atoms with E-state index in [0.717, 1.165) is 0 Å². The van der Waals surface area contributed by atoms with Gasteiger partial charge in [-0.1, -0.05) is 0 Å². The third-order valence-corrected chi connectivity index (χ3v) is 2.92. The first-order chi connectivity index (χ1) is 7.25. The van der Waals surface area contributed by atoms with Crippen LogP contribution in [-0.2, 0) is 10.0 Å². The molecule has 1 rings (SSSR count). The van der Waals surface area contributed by atoms with Crippen molar-refractivity contribution in [2.45, 2.75) is 4.90 Å². The van der Waals surface area contributed by atoms with Crippen molar-refractivity contribution in [1.29, 1.82) is 0 Å². The highest BCUT2D eigenvalue weighted by molar-refractivity contribution is 7.90. The van der Waals surface area contributed by atoms with Crippen LogP contribution in [0.5, 0.6) is 0 Å². The number of hydrogen-bond acceptors (Lipinski definition) is 3. The first-order valence-electron chi connectivity index (χ1n) is 3.85. The number of guanidine groups is 1. The molecule has 1 aromatic carbocycles. The predicted molar refractivity (Wildman–Crippen MR) is 53.8 cm³/mol. The molecule has 6 nitrogen and oxygen atoms in total. The molecule has 1 aromatic rings. The lowest BCUT2D eigenvalue weighted by molar-refractivity contribution is 0.556. The molecular formula is C7H8F2N4O2S. The van der Waals surface area contributed by atoms with Gasteiger partial charge in [-0.3, -0.25) is 0 Å². The molecule has 0 spiro atoms. The molecule has 6 N–H and O–H groups in total. The fraction of sp³-hybridized carbons (Fsp3) is 0. The molecule has 0 amide bonds. The van der Waals surface area contributed by atoms with Crippen molar-refractivity contribution >= 4 is 21.7 Å². The van der Waals surface area contributed by atoms with Gasteiger partial charge in [-0.15, -0.1) is 4.40 Å². The first kappa shape index (κ1) is 12.2. The molecule has 0 aliphatic heterocycles. The summed E-state index contributed by atoms with van der Waals surface area (Å²) in [5, 5.41) is 0. The number of nitrogens with two attached hydrogens (primary N) is 3. The molecule has 88 valence electrons. The summed E-state index contributed by atoms with van der Waals surface area (Å²) in [6.07, 6.45) is 0. The normalized spacial score (nSPS) is 11.1. The highest BCUT2D eigenvalue weighted by Crippen LogP contribution is 2.23. The molecule has 0 saturated carbocycles. The van der Waals surface area contributed by atoms with E-state index in [2.05, 4.69) is 4.40 Å². The maximum absolute atomic E-state index is 13.3. The topological polar surface area (TPSA) is 125 Å². The largest absolute Gasteiger partial charge is 0.394 e. The van der Waals surface area contributed by atoms with Gasteiger partial charge in [-0.25, -0.2) is 8.78 Å². The van der Waals surface area contributed by atoms with E-state index in [1.807, 2.05) is 0 Å². The van der Waals surface area contributed by atoms with Gasteiger partial charge in [0, 0.05) is 0 Å². The summed E-state index contributed by atoms with van der Waals surface area (Å²) in [4.78, 5) is -0.889. The van der Waals surface area contributed by atoms with Gasteiger partial charge in [0.2, 0.25) is 5.96 Å². The zero-order chi connectivity index (χ0) is 12.5. The van der Waals surface area contributed by atoms with Gasteiger partial charge < -0.3 is 17.2 Å². The average Bonchev–Trinajstić information content (AvgIpc) is 2.11. The first-order valence-corrected chi connectivity index (χ1v) is 5.29. The molecule has 0 saturated heterocycles. The Morgan fingerprint density at radius 1 is 1.25 bits per heavy atom. The number of rotatable bonds is 2. The average molecular weight is 250 g/mol. The lowest BCUT2D eigenvalue weighted by Crippen LogP contribution is -2.24. The highest BCUT2D eigenvalue weighted by atomic mass is 32.2. The van der Waals surface area contributed by atoms with Crippen molar-refractivity contribution in [2.75, 3.05) is 5.73 Å². The van der Waals surface area contributed by atoms with E-state index in [4.69, 9.17) is 17.2 Å². The monoisotopic (exact) mass is 250 g/mol. The van der Waals surface area contributed by atoms with Crippen molar-refractivity contribution in [3.8, 4) is 0 Å². The van der Waals surface area contributed by atoms with Crippen LogP contribution < -0.4 is 17.2 Å². The van der Waals surface area contributed by atoms with Gasteiger partial charge in [0.05, 0.1) is 0 Å². The van der Waals surface area contributed by atoms with E-state index in [1.165, 1.54) is 0 Å². The lowest BCUT2D eigenvalue weighted by Gasteiger charge is -2.04. The number of anilines is 1. The zero-order valence-electron chi connectivity index (χ0n) is 7.81. The van der Waals surface area contributed by atoms with Crippen molar-refractivity contribution in [3.05, 3.63) is 23.8 Å². The van der Waals surface area contributed by atoms with E-state index < -0.39 is 38.2 Å². The second-order valence-corrected chi connectivity index (χ2v) is 4.34. The number of hydrogen-bond donors (Lipinski definition) is 3. The van der Waals surface area contributed by atoms with Crippen molar-refractivity contribution < 1.29 is 17.2 Å². The summed E-state index contributed by atoms with van der Waals surface area (Å²) in [7, 11) is -4.41. The molecule has 0 heterocycles. The van der Waals surface area contributed by atoms with Gasteiger partial charge in [-0.2, -0.15) is 8.42 Å². The predicted octanol–water partition coefficient (Wildman–Crippen LogP) is -0.491. The fourth-order valence-electron chi connectivity index (χ4n) is 0.937. The number of nitrogen functional groups attached to an aromatic ring is 1. The van der Waals surface area contributed by atoms with Crippen LogP contribution >= 0.6 is 0 Å². The Morgan fingerprint density at radius 2 is 1.81 bits per heavy atom. The molecule has 0 bridgehead atoms. The van der Waals surface area contributed by atoms with Crippen LogP contribution in [-0.4, -0.2) is 14.4 Å². The molecule has 0 fully saturated rings. The van der Waals surface area contributed by atoms with Crippen LogP contribution in [0.3, 0.4) is 0 Å². The molecule has 16 heavy (non-hydrogen) atoms. The lowest BCUT2D eigenvalue weighted by atomic mass is 10.3. The van der Waals surface area contributed by atoms with Gasteiger partial charge >= 0.3 is 0 Å². The van der Waals surface area contributed by atoms with Gasteiger partial charge in [-0.05, 0) is 12.1 Å². The van der Waals surface area contributed by atoms with Gasteiger partial charge in [0.1, 0.15) is 16.4 Å². The number of benzene rings is 1. The maximum Gasteiger partial charge on any atom is 0.288 e. The van der Waals surface area contributed by atoms with E-state index in [1.54, 1.807) is 0 Å². The molecule has 0 atom stereocenters. The Labute approximate surface area is 89.8 Å². The van der Waals surface area contributed by atoms with E-state index in [9.17, 15) is 17.2 Å². The Bertz CT molecular complexity index is 552. The van der Waals surface area contributed by atoms with Crippen LogP contribution in [0.15, 0.2) is 21.4 Å². The zero-order valence-corrected chi connectivity index (χ0v) is 8.63. The summed E-state index contributed by atoms with van der Waals surface area (Å²) in [5.41, 5.74) is 13.8. The SMILES string of the molecule is NC(N)=NS(=O)(=O)c1ccc(F)c(N)c1F. The molecule has 0 aromatic heterocycles. The minimum absolute atomic E-state index is 0.683. The third-order valence-electron chi connectivity index (χ3n) is 1.59. The fourth-order valence-corrected chi connectivity index (χ4v) is 1.89.